The van der Waals surface area contributed by atoms with Gasteiger partial charge in [0, 0.05) is 37.8 Å². The van der Waals surface area contributed by atoms with Gasteiger partial charge in [0.2, 0.25) is 0 Å². The van der Waals surface area contributed by atoms with E-state index in [4.69, 9.17) is 0 Å². The lowest BCUT2D eigenvalue weighted by Gasteiger charge is -2.41. The highest BCUT2D eigenvalue weighted by molar-refractivity contribution is 5.33. The van der Waals surface area contributed by atoms with E-state index in [2.05, 4.69) is 52.0 Å². The molecule has 0 unspecified atom stereocenters. The van der Waals surface area contributed by atoms with Gasteiger partial charge in [-0.2, -0.15) is 0 Å². The predicted molar refractivity (Wildman–Crippen MR) is 112 cm³/mol. The Hall–Kier alpha value is -2.12. The van der Waals surface area contributed by atoms with Gasteiger partial charge in [0.05, 0.1) is 6.54 Å². The minimum absolute atomic E-state index is 0.253. The number of aliphatic hydroxyl groups excluding tert-OH is 1. The zero-order chi connectivity index (χ0) is 18.7. The molecule has 0 aliphatic carbocycles. The van der Waals surface area contributed by atoms with Gasteiger partial charge in [-0.3, -0.25) is 9.80 Å². The zero-order valence-corrected chi connectivity index (χ0v) is 16.1. The zero-order valence-electron chi connectivity index (χ0n) is 16.1. The molecule has 0 aromatic heterocycles. The molecule has 1 N–H and O–H groups in total. The van der Waals surface area contributed by atoms with Crippen LogP contribution < -0.4 is 0 Å². The summed E-state index contributed by atoms with van der Waals surface area (Å²) in [6.07, 6.45) is 3.13. The van der Waals surface area contributed by atoms with Crippen LogP contribution in [-0.2, 0) is 6.42 Å². The molecular weight excluding hydrogens is 332 g/mol. The van der Waals surface area contributed by atoms with Crippen LogP contribution >= 0.6 is 0 Å². The molecule has 1 aliphatic heterocycles. The van der Waals surface area contributed by atoms with Crippen molar-refractivity contribution in [1.29, 1.82) is 0 Å². The van der Waals surface area contributed by atoms with Gasteiger partial charge in [0.15, 0.2) is 0 Å². The van der Waals surface area contributed by atoms with Crippen molar-refractivity contribution in [2.24, 2.45) is 0 Å². The van der Waals surface area contributed by atoms with Gasteiger partial charge in [0.1, 0.15) is 0 Å². The highest BCUT2D eigenvalue weighted by Gasteiger charge is 2.25. The van der Waals surface area contributed by atoms with Crippen LogP contribution in [0.15, 0.2) is 60.7 Å². The van der Waals surface area contributed by atoms with Gasteiger partial charge in [-0.1, -0.05) is 60.4 Å². The lowest BCUT2D eigenvalue weighted by atomic mass is 10.1. The normalized spacial score (nSPS) is 18.0. The van der Waals surface area contributed by atoms with Crippen molar-refractivity contribution in [1.82, 2.24) is 9.80 Å². The third-order valence-corrected chi connectivity index (χ3v) is 5.21. The average Bonchev–Trinajstić information content (AvgIpc) is 2.71. The van der Waals surface area contributed by atoms with Crippen molar-refractivity contribution < 1.29 is 5.11 Å². The second kappa shape index (κ2) is 10.9. The molecule has 0 radical (unpaired) electrons. The Bertz CT molecular complexity index is 720. The second-order valence-corrected chi connectivity index (χ2v) is 7.19. The molecule has 27 heavy (non-hydrogen) atoms. The molecule has 1 fully saturated rings. The summed E-state index contributed by atoms with van der Waals surface area (Å²) in [5, 5.41) is 9.48. The Morgan fingerprint density at radius 3 is 2.44 bits per heavy atom. The molecule has 2 aromatic carbocycles. The van der Waals surface area contributed by atoms with E-state index in [1.807, 2.05) is 30.3 Å². The van der Waals surface area contributed by atoms with Gasteiger partial charge in [-0.15, -0.1) is 0 Å². The van der Waals surface area contributed by atoms with Gasteiger partial charge >= 0.3 is 0 Å². The average molecular weight is 363 g/mol. The van der Waals surface area contributed by atoms with Gasteiger partial charge < -0.3 is 5.11 Å². The van der Waals surface area contributed by atoms with Crippen LogP contribution in [0.2, 0.25) is 0 Å². The summed E-state index contributed by atoms with van der Waals surface area (Å²) < 4.78 is 0. The molecule has 3 nitrogen and oxygen atoms in total. The number of aliphatic hydroxyl groups is 1. The second-order valence-electron chi connectivity index (χ2n) is 7.19. The molecule has 1 heterocycles. The van der Waals surface area contributed by atoms with Crippen LogP contribution in [0.4, 0.5) is 0 Å². The minimum Gasteiger partial charge on any atom is -0.396 e. The SMILES string of the molecule is OCC[C@H]1CN(CC#Cc2ccccc2)CCN1CCCc1ccccc1. The Kier molecular flexibility index (Phi) is 7.92. The smallest absolute Gasteiger partial charge is 0.0606 e. The van der Waals surface area contributed by atoms with Gasteiger partial charge in [0.25, 0.3) is 0 Å². The van der Waals surface area contributed by atoms with Crippen LogP contribution in [0.3, 0.4) is 0 Å². The van der Waals surface area contributed by atoms with Crippen molar-refractivity contribution in [2.45, 2.75) is 25.3 Å². The van der Waals surface area contributed by atoms with E-state index in [9.17, 15) is 5.11 Å². The molecule has 0 amide bonds. The van der Waals surface area contributed by atoms with E-state index in [0.717, 1.165) is 51.1 Å². The maximum Gasteiger partial charge on any atom is 0.0606 e. The van der Waals surface area contributed by atoms with Crippen LogP contribution in [0, 0.1) is 11.8 Å². The molecule has 0 saturated carbocycles. The first-order chi connectivity index (χ1) is 13.3. The van der Waals surface area contributed by atoms with Crippen molar-refractivity contribution in [2.75, 3.05) is 39.3 Å². The van der Waals surface area contributed by atoms with E-state index in [1.54, 1.807) is 0 Å². The molecule has 0 bridgehead atoms. The molecule has 142 valence electrons. The van der Waals surface area contributed by atoms with Crippen LogP contribution in [-0.4, -0.2) is 60.3 Å². The summed E-state index contributed by atoms with van der Waals surface area (Å²) in [5.41, 5.74) is 2.48. The molecule has 3 rings (SSSR count). The largest absolute Gasteiger partial charge is 0.396 e. The summed E-state index contributed by atoms with van der Waals surface area (Å²) >= 11 is 0. The Morgan fingerprint density at radius 2 is 1.70 bits per heavy atom. The van der Waals surface area contributed by atoms with E-state index >= 15 is 0 Å². The molecule has 3 heteroatoms. The number of piperazine rings is 1. The predicted octanol–water partition coefficient (Wildman–Crippen LogP) is 3.04. The maximum absolute atomic E-state index is 9.48. The van der Waals surface area contributed by atoms with Crippen LogP contribution in [0.1, 0.15) is 24.0 Å². The molecule has 1 saturated heterocycles. The number of nitrogens with zero attached hydrogens (tertiary/aromatic N) is 2. The lowest BCUT2D eigenvalue weighted by Crippen LogP contribution is -2.53. The summed E-state index contributed by atoms with van der Waals surface area (Å²) in [7, 11) is 0. The van der Waals surface area contributed by atoms with Crippen molar-refractivity contribution in [3.05, 3.63) is 71.8 Å². The monoisotopic (exact) mass is 362 g/mol. The van der Waals surface area contributed by atoms with Crippen molar-refractivity contribution >= 4 is 0 Å². The third kappa shape index (κ3) is 6.52. The first-order valence-corrected chi connectivity index (χ1v) is 10.0. The fourth-order valence-corrected chi connectivity index (χ4v) is 3.72. The first kappa shape index (κ1) is 19.6. The van der Waals surface area contributed by atoms with Crippen molar-refractivity contribution in [3.63, 3.8) is 0 Å². The number of aryl methyl sites for hydroxylation is 1. The van der Waals surface area contributed by atoms with E-state index in [-0.39, 0.29) is 6.61 Å². The summed E-state index contributed by atoms with van der Waals surface area (Å²) in [4.78, 5) is 4.98. The summed E-state index contributed by atoms with van der Waals surface area (Å²) in [6.45, 7) is 5.26. The third-order valence-electron chi connectivity index (χ3n) is 5.21. The topological polar surface area (TPSA) is 26.7 Å². The Balaban J connectivity index is 1.47. The summed E-state index contributed by atoms with van der Waals surface area (Å²) in [6, 6.07) is 21.3. The Labute approximate surface area is 163 Å². The van der Waals surface area contributed by atoms with Gasteiger partial charge in [-0.05, 0) is 43.5 Å². The fraction of sp³-hybridized carbons (Fsp3) is 0.417. The first-order valence-electron chi connectivity index (χ1n) is 10.0. The van der Waals surface area contributed by atoms with E-state index in [0.29, 0.717) is 6.04 Å². The van der Waals surface area contributed by atoms with E-state index < -0.39 is 0 Å². The van der Waals surface area contributed by atoms with E-state index in [1.165, 1.54) is 12.0 Å². The molecule has 1 aliphatic rings. The maximum atomic E-state index is 9.48. The van der Waals surface area contributed by atoms with Crippen molar-refractivity contribution in [3.8, 4) is 11.8 Å². The quantitative estimate of drug-likeness (QED) is 0.767. The Morgan fingerprint density at radius 1 is 0.963 bits per heavy atom. The highest BCUT2D eigenvalue weighted by atomic mass is 16.3. The van der Waals surface area contributed by atoms with Gasteiger partial charge in [-0.25, -0.2) is 0 Å². The number of hydrogen-bond donors (Lipinski definition) is 1. The molecular formula is C24H30N2O. The number of rotatable bonds is 7. The fourth-order valence-electron chi connectivity index (χ4n) is 3.72. The van der Waals surface area contributed by atoms with Crippen LogP contribution in [0.5, 0.6) is 0 Å². The summed E-state index contributed by atoms with van der Waals surface area (Å²) in [5.74, 6) is 6.56. The number of hydrogen-bond acceptors (Lipinski definition) is 3. The minimum atomic E-state index is 0.253. The van der Waals surface area contributed by atoms with Crippen LogP contribution in [0.25, 0.3) is 0 Å². The molecule has 2 aromatic rings. The lowest BCUT2D eigenvalue weighted by molar-refractivity contribution is 0.0655. The number of benzene rings is 2. The highest BCUT2D eigenvalue weighted by Crippen LogP contribution is 2.14. The molecule has 0 spiro atoms. The standard InChI is InChI=1S/C24H30N2O/c27-20-15-24-21-25(16-7-13-22-9-3-1-4-10-22)18-19-26(24)17-8-14-23-11-5-2-6-12-23/h1-6,9-12,24,27H,8,14-21H2/t24-/m0/s1. The molecule has 1 atom stereocenters.